The molecule has 0 aliphatic carbocycles. The van der Waals surface area contributed by atoms with Crippen LogP contribution in [-0.2, 0) is 4.79 Å². The van der Waals surface area contributed by atoms with Crippen molar-refractivity contribution in [2.24, 2.45) is 11.8 Å². The first-order valence-electron chi connectivity index (χ1n) is 6.52. The quantitative estimate of drug-likeness (QED) is 0.663. The molecule has 1 aliphatic rings. The minimum atomic E-state index is -0.0461. The smallest absolute Gasteiger partial charge is 0.226 e. The van der Waals surface area contributed by atoms with Crippen LogP contribution in [0.5, 0.6) is 0 Å². The minimum absolute atomic E-state index is 0.0461. The monoisotopic (exact) mass is 234 g/mol. The van der Waals surface area contributed by atoms with Crippen LogP contribution in [0.2, 0.25) is 0 Å². The third-order valence-corrected chi connectivity index (χ3v) is 3.59. The molecule has 1 saturated heterocycles. The van der Waals surface area contributed by atoms with Crippen LogP contribution in [0, 0.1) is 23.2 Å². The molecule has 0 unspecified atom stereocenters. The highest BCUT2D eigenvalue weighted by Crippen LogP contribution is 2.26. The van der Waals surface area contributed by atoms with E-state index in [4.69, 9.17) is 5.26 Å². The van der Waals surface area contributed by atoms with E-state index < -0.39 is 0 Å². The highest BCUT2D eigenvalue weighted by molar-refractivity contribution is 5.79. The molecule has 0 saturated carbocycles. The van der Waals surface area contributed by atoms with Gasteiger partial charge in [-0.05, 0) is 31.6 Å². The first-order valence-corrected chi connectivity index (χ1v) is 6.52. The molecular formula is C14H22N2O. The number of nitrogens with zero attached hydrogens (tertiary/aromatic N) is 2. The van der Waals surface area contributed by atoms with E-state index in [1.165, 1.54) is 0 Å². The van der Waals surface area contributed by atoms with Crippen molar-refractivity contribution in [1.82, 2.24) is 4.90 Å². The van der Waals surface area contributed by atoms with Crippen molar-refractivity contribution in [1.29, 1.82) is 5.26 Å². The molecule has 17 heavy (non-hydrogen) atoms. The van der Waals surface area contributed by atoms with Crippen LogP contribution in [0.15, 0.2) is 12.7 Å². The van der Waals surface area contributed by atoms with Gasteiger partial charge >= 0.3 is 0 Å². The number of nitriles is 1. The van der Waals surface area contributed by atoms with Crippen LogP contribution in [0.4, 0.5) is 0 Å². The summed E-state index contributed by atoms with van der Waals surface area (Å²) < 4.78 is 0. The van der Waals surface area contributed by atoms with Crippen molar-refractivity contribution < 1.29 is 4.79 Å². The van der Waals surface area contributed by atoms with Crippen LogP contribution >= 0.6 is 0 Å². The third kappa shape index (κ3) is 3.59. The molecule has 0 aromatic heterocycles. The van der Waals surface area contributed by atoms with Crippen LogP contribution < -0.4 is 0 Å². The average Bonchev–Trinajstić information content (AvgIpc) is 2.87. The Morgan fingerprint density at radius 2 is 2.18 bits per heavy atom. The predicted octanol–water partition coefficient (Wildman–Crippen LogP) is 2.74. The Morgan fingerprint density at radius 3 is 2.65 bits per heavy atom. The average molecular weight is 234 g/mol. The fraction of sp³-hybridized carbons (Fsp3) is 0.714. The fourth-order valence-electron chi connectivity index (χ4n) is 2.53. The normalized spacial score (nSPS) is 18.5. The van der Waals surface area contributed by atoms with Crippen LogP contribution in [0.1, 0.15) is 39.0 Å². The largest absolute Gasteiger partial charge is 0.342 e. The van der Waals surface area contributed by atoms with Gasteiger partial charge in [-0.1, -0.05) is 13.0 Å². The van der Waals surface area contributed by atoms with Gasteiger partial charge in [-0.2, -0.15) is 5.26 Å². The van der Waals surface area contributed by atoms with E-state index in [-0.39, 0.29) is 17.7 Å². The van der Waals surface area contributed by atoms with Gasteiger partial charge in [-0.25, -0.2) is 0 Å². The molecule has 1 fully saturated rings. The molecule has 1 heterocycles. The minimum Gasteiger partial charge on any atom is -0.342 e. The van der Waals surface area contributed by atoms with Crippen LogP contribution in [0.3, 0.4) is 0 Å². The molecule has 3 heteroatoms. The Morgan fingerprint density at radius 1 is 1.53 bits per heavy atom. The van der Waals surface area contributed by atoms with Gasteiger partial charge in [-0.3, -0.25) is 4.79 Å². The van der Waals surface area contributed by atoms with Crippen LogP contribution in [-0.4, -0.2) is 23.9 Å². The molecule has 0 spiro atoms. The second-order valence-corrected chi connectivity index (χ2v) is 4.64. The highest BCUT2D eigenvalue weighted by atomic mass is 16.2. The van der Waals surface area contributed by atoms with Crippen LogP contribution in [0.25, 0.3) is 0 Å². The second kappa shape index (κ2) is 7.11. The number of hydrogen-bond donors (Lipinski definition) is 0. The number of rotatable bonds is 6. The summed E-state index contributed by atoms with van der Waals surface area (Å²) in [6, 6.07) is 2.14. The number of carbonyl (C=O) groups is 1. The summed E-state index contributed by atoms with van der Waals surface area (Å²) in [4.78, 5) is 14.3. The highest BCUT2D eigenvalue weighted by Gasteiger charge is 2.30. The molecule has 0 N–H and O–H groups in total. The molecule has 1 rings (SSSR count). The zero-order chi connectivity index (χ0) is 12.7. The number of amides is 1. The summed E-state index contributed by atoms with van der Waals surface area (Å²) in [6.07, 6.45) is 6.13. The van der Waals surface area contributed by atoms with E-state index in [1.54, 1.807) is 0 Å². The van der Waals surface area contributed by atoms with E-state index in [0.29, 0.717) is 12.8 Å². The molecule has 0 bridgehead atoms. The molecule has 94 valence electrons. The van der Waals surface area contributed by atoms with Crippen molar-refractivity contribution in [2.45, 2.75) is 39.0 Å². The Hall–Kier alpha value is -1.30. The lowest BCUT2D eigenvalue weighted by Crippen LogP contribution is -2.36. The van der Waals surface area contributed by atoms with E-state index in [1.807, 2.05) is 11.0 Å². The summed E-state index contributed by atoms with van der Waals surface area (Å²) in [5, 5.41) is 8.69. The second-order valence-electron chi connectivity index (χ2n) is 4.64. The maximum atomic E-state index is 12.4. The van der Waals surface area contributed by atoms with E-state index in [0.717, 1.165) is 32.4 Å². The molecular weight excluding hydrogens is 212 g/mol. The lowest BCUT2D eigenvalue weighted by atomic mass is 9.85. The number of carbonyl (C=O) groups excluding carboxylic acids is 1. The summed E-state index contributed by atoms with van der Waals surface area (Å²) >= 11 is 0. The van der Waals surface area contributed by atoms with Gasteiger partial charge in [0.15, 0.2) is 0 Å². The van der Waals surface area contributed by atoms with Crippen molar-refractivity contribution >= 4 is 5.91 Å². The van der Waals surface area contributed by atoms with Crippen molar-refractivity contribution in [3.63, 3.8) is 0 Å². The first-order chi connectivity index (χ1) is 8.24. The summed E-state index contributed by atoms with van der Waals surface area (Å²) in [5.74, 6) is 0.385. The molecule has 0 radical (unpaired) electrons. The molecule has 1 amide bonds. The lowest BCUT2D eigenvalue weighted by Gasteiger charge is -2.27. The molecule has 2 atom stereocenters. The first kappa shape index (κ1) is 13.8. The topological polar surface area (TPSA) is 44.1 Å². The Balaban J connectivity index is 2.69. The molecule has 0 aromatic rings. The van der Waals surface area contributed by atoms with Gasteiger partial charge in [0.05, 0.1) is 6.07 Å². The Labute approximate surface area is 104 Å². The van der Waals surface area contributed by atoms with Gasteiger partial charge in [-0.15, -0.1) is 6.58 Å². The van der Waals surface area contributed by atoms with E-state index >= 15 is 0 Å². The number of hydrogen-bond acceptors (Lipinski definition) is 2. The third-order valence-electron chi connectivity index (χ3n) is 3.59. The van der Waals surface area contributed by atoms with Crippen molar-refractivity contribution in [3.05, 3.63) is 12.7 Å². The fourth-order valence-corrected chi connectivity index (χ4v) is 2.53. The Bertz CT molecular complexity index is 300. The summed E-state index contributed by atoms with van der Waals surface area (Å²) in [7, 11) is 0. The maximum Gasteiger partial charge on any atom is 0.226 e. The van der Waals surface area contributed by atoms with Crippen molar-refractivity contribution in [2.75, 3.05) is 13.1 Å². The van der Waals surface area contributed by atoms with Gasteiger partial charge in [0.2, 0.25) is 5.91 Å². The number of likely N-dealkylation sites (tertiary alicyclic amines) is 1. The van der Waals surface area contributed by atoms with Gasteiger partial charge < -0.3 is 4.90 Å². The molecule has 0 aromatic carbocycles. The SMILES string of the molecule is C=C[C@H](CC)[C@H](CCC#N)C(=O)N1CCCC1. The standard InChI is InChI=1S/C14H22N2O/c1-3-12(4-2)13(8-7-9-15)14(17)16-10-5-6-11-16/h3,12-13H,1,4-8,10-11H2,2H3/t12-,13+/m1/s1. The van der Waals surface area contributed by atoms with Crippen molar-refractivity contribution in [3.8, 4) is 6.07 Å². The summed E-state index contributed by atoms with van der Waals surface area (Å²) in [5.41, 5.74) is 0. The number of allylic oxidation sites excluding steroid dienone is 1. The maximum absolute atomic E-state index is 12.4. The van der Waals surface area contributed by atoms with Gasteiger partial charge in [0.1, 0.15) is 0 Å². The van der Waals surface area contributed by atoms with E-state index in [2.05, 4.69) is 19.6 Å². The van der Waals surface area contributed by atoms with Gasteiger partial charge in [0.25, 0.3) is 0 Å². The predicted molar refractivity (Wildman–Crippen MR) is 68.1 cm³/mol. The zero-order valence-electron chi connectivity index (χ0n) is 10.7. The van der Waals surface area contributed by atoms with Gasteiger partial charge in [0, 0.05) is 25.4 Å². The summed E-state index contributed by atoms with van der Waals surface area (Å²) in [6.45, 7) is 7.66. The lowest BCUT2D eigenvalue weighted by molar-refractivity contribution is -0.136. The Kier molecular flexibility index (Phi) is 5.76. The molecule has 1 aliphatic heterocycles. The zero-order valence-corrected chi connectivity index (χ0v) is 10.7. The van der Waals surface area contributed by atoms with E-state index in [9.17, 15) is 4.79 Å². The molecule has 3 nitrogen and oxygen atoms in total.